The zero-order chi connectivity index (χ0) is 18.2. The molecule has 0 spiro atoms. The number of aryl methyl sites for hydroxylation is 1. The van der Waals surface area contributed by atoms with E-state index in [1.165, 1.54) is 10.6 Å². The Balaban J connectivity index is 1.76. The molecule has 1 fully saturated rings. The van der Waals surface area contributed by atoms with Crippen molar-refractivity contribution in [1.82, 2.24) is 24.6 Å². The van der Waals surface area contributed by atoms with Crippen LogP contribution in [0.4, 0.5) is 0 Å². The highest BCUT2D eigenvalue weighted by Gasteiger charge is 2.30. The molecule has 1 unspecified atom stereocenters. The Morgan fingerprint density at radius 1 is 1.40 bits per heavy atom. The third kappa shape index (κ3) is 3.63. The molecule has 1 N–H and O–H groups in total. The topological polar surface area (TPSA) is 93.1 Å². The fourth-order valence-corrected chi connectivity index (χ4v) is 2.62. The van der Waals surface area contributed by atoms with Crippen LogP contribution in [-0.4, -0.2) is 50.3 Å². The molecular weight excluding hydrogens is 322 g/mol. The van der Waals surface area contributed by atoms with Crippen molar-refractivity contribution in [1.29, 1.82) is 0 Å². The highest BCUT2D eigenvalue weighted by Crippen LogP contribution is 2.23. The molecule has 0 bridgehead atoms. The Kier molecular flexibility index (Phi) is 4.47. The van der Waals surface area contributed by atoms with Gasteiger partial charge in [0.2, 0.25) is 0 Å². The quantitative estimate of drug-likeness (QED) is 0.877. The standard InChI is InChI=1S/C17H23N5O3/c1-17(2,3)16-18-14(19-20-16)12-10-22(7-8-25-12)15(24)11-5-6-21(4)13(23)9-11/h5-6,9,12H,7-8,10H2,1-4H3,(H,18,19,20). The molecule has 25 heavy (non-hydrogen) atoms. The minimum atomic E-state index is -0.354. The minimum Gasteiger partial charge on any atom is -0.367 e. The Morgan fingerprint density at radius 2 is 2.16 bits per heavy atom. The minimum absolute atomic E-state index is 0.164. The summed E-state index contributed by atoms with van der Waals surface area (Å²) in [5.74, 6) is 1.15. The lowest BCUT2D eigenvalue weighted by molar-refractivity contribution is -0.0267. The van der Waals surface area contributed by atoms with E-state index in [4.69, 9.17) is 4.74 Å². The first-order valence-corrected chi connectivity index (χ1v) is 8.26. The van der Waals surface area contributed by atoms with Crippen molar-refractivity contribution < 1.29 is 9.53 Å². The van der Waals surface area contributed by atoms with Crippen LogP contribution in [0, 0.1) is 0 Å². The fraction of sp³-hybridized carbons (Fsp3) is 0.529. The molecule has 3 heterocycles. The Hall–Kier alpha value is -2.48. The van der Waals surface area contributed by atoms with E-state index in [-0.39, 0.29) is 23.0 Å². The molecule has 1 amide bonds. The van der Waals surface area contributed by atoms with E-state index in [1.54, 1.807) is 24.2 Å². The number of rotatable bonds is 2. The average Bonchev–Trinajstić information content (AvgIpc) is 3.07. The third-order valence-corrected chi connectivity index (χ3v) is 4.18. The molecule has 1 aliphatic rings. The normalized spacial score (nSPS) is 18.4. The lowest BCUT2D eigenvalue weighted by Gasteiger charge is -2.32. The molecule has 8 heteroatoms. The molecule has 0 saturated carbocycles. The maximum Gasteiger partial charge on any atom is 0.254 e. The Morgan fingerprint density at radius 3 is 2.80 bits per heavy atom. The monoisotopic (exact) mass is 345 g/mol. The summed E-state index contributed by atoms with van der Waals surface area (Å²) >= 11 is 0. The van der Waals surface area contributed by atoms with E-state index in [0.717, 1.165) is 0 Å². The second-order valence-corrected chi connectivity index (χ2v) is 7.27. The van der Waals surface area contributed by atoms with Gasteiger partial charge >= 0.3 is 0 Å². The van der Waals surface area contributed by atoms with Crippen molar-refractivity contribution in [3.05, 3.63) is 45.9 Å². The van der Waals surface area contributed by atoms with Crippen LogP contribution in [0.5, 0.6) is 0 Å². The van der Waals surface area contributed by atoms with Gasteiger partial charge in [-0.05, 0) is 6.07 Å². The number of H-pyrrole nitrogens is 1. The summed E-state index contributed by atoms with van der Waals surface area (Å²) in [5.41, 5.74) is 0.0145. The van der Waals surface area contributed by atoms with Gasteiger partial charge in [0.05, 0.1) is 13.2 Å². The predicted octanol–water partition coefficient (Wildman–Crippen LogP) is 1.01. The molecular formula is C17H23N5O3. The highest BCUT2D eigenvalue weighted by molar-refractivity contribution is 5.94. The summed E-state index contributed by atoms with van der Waals surface area (Å²) in [6.45, 7) is 7.36. The molecule has 1 saturated heterocycles. The van der Waals surface area contributed by atoms with Crippen LogP contribution in [0.1, 0.15) is 48.9 Å². The molecule has 0 radical (unpaired) electrons. The van der Waals surface area contributed by atoms with E-state index in [9.17, 15) is 9.59 Å². The number of aromatic nitrogens is 4. The number of morpholine rings is 1. The van der Waals surface area contributed by atoms with Gasteiger partial charge in [0.1, 0.15) is 6.10 Å². The van der Waals surface area contributed by atoms with Gasteiger partial charge in [-0.15, -0.1) is 0 Å². The first kappa shape index (κ1) is 17.3. The van der Waals surface area contributed by atoms with E-state index in [1.807, 2.05) is 20.8 Å². The van der Waals surface area contributed by atoms with Gasteiger partial charge in [-0.3, -0.25) is 14.7 Å². The number of nitrogens with zero attached hydrogens (tertiary/aromatic N) is 4. The Labute approximate surface area is 145 Å². The number of aromatic amines is 1. The van der Waals surface area contributed by atoms with Crippen LogP contribution in [0.2, 0.25) is 0 Å². The number of pyridine rings is 1. The van der Waals surface area contributed by atoms with Gasteiger partial charge < -0.3 is 14.2 Å². The number of nitrogens with one attached hydrogen (secondary N) is 1. The summed E-state index contributed by atoms with van der Waals surface area (Å²) in [5, 5.41) is 7.17. The largest absolute Gasteiger partial charge is 0.367 e. The summed E-state index contributed by atoms with van der Waals surface area (Å²) in [7, 11) is 1.65. The number of hydrogen-bond acceptors (Lipinski definition) is 5. The zero-order valence-electron chi connectivity index (χ0n) is 14.9. The molecule has 1 atom stereocenters. The number of carbonyl (C=O) groups excluding carboxylic acids is 1. The van der Waals surface area contributed by atoms with Crippen molar-refractivity contribution in [3.63, 3.8) is 0 Å². The second-order valence-electron chi connectivity index (χ2n) is 7.27. The molecule has 2 aromatic heterocycles. The van der Waals surface area contributed by atoms with E-state index >= 15 is 0 Å². The van der Waals surface area contributed by atoms with Gasteiger partial charge in [-0.2, -0.15) is 5.10 Å². The van der Waals surface area contributed by atoms with Crippen LogP contribution in [0.15, 0.2) is 23.1 Å². The average molecular weight is 345 g/mol. The van der Waals surface area contributed by atoms with Gasteiger partial charge in [0.15, 0.2) is 11.6 Å². The zero-order valence-corrected chi connectivity index (χ0v) is 14.9. The fourth-order valence-electron chi connectivity index (χ4n) is 2.62. The maximum atomic E-state index is 12.7. The number of amides is 1. The highest BCUT2D eigenvalue weighted by atomic mass is 16.5. The molecule has 0 aromatic carbocycles. The molecule has 8 nitrogen and oxygen atoms in total. The third-order valence-electron chi connectivity index (χ3n) is 4.18. The SMILES string of the molecule is Cn1ccc(C(=O)N2CCOC(c3nc(C(C)(C)C)n[nH]3)C2)cc1=O. The van der Waals surface area contributed by atoms with Gasteiger partial charge in [0, 0.05) is 36.8 Å². The smallest absolute Gasteiger partial charge is 0.254 e. The molecule has 2 aromatic rings. The number of carbonyl (C=O) groups is 1. The first-order chi connectivity index (χ1) is 11.8. The maximum absolute atomic E-state index is 12.7. The number of hydrogen-bond donors (Lipinski definition) is 1. The Bertz CT molecular complexity index is 833. The predicted molar refractivity (Wildman–Crippen MR) is 91.4 cm³/mol. The molecule has 1 aliphatic heterocycles. The first-order valence-electron chi connectivity index (χ1n) is 8.26. The van der Waals surface area contributed by atoms with Gasteiger partial charge in [-0.25, -0.2) is 4.98 Å². The van der Waals surface area contributed by atoms with Crippen molar-refractivity contribution in [2.45, 2.75) is 32.3 Å². The van der Waals surface area contributed by atoms with Crippen LogP contribution >= 0.6 is 0 Å². The lowest BCUT2D eigenvalue weighted by atomic mass is 9.96. The van der Waals surface area contributed by atoms with E-state index in [2.05, 4.69) is 15.2 Å². The van der Waals surface area contributed by atoms with Gasteiger partial charge in [0.25, 0.3) is 11.5 Å². The molecule has 0 aliphatic carbocycles. The second kappa shape index (κ2) is 6.44. The molecule has 134 valence electrons. The summed E-state index contributed by atoms with van der Waals surface area (Å²) in [4.78, 5) is 30.6. The molecule has 3 rings (SSSR count). The van der Waals surface area contributed by atoms with E-state index < -0.39 is 0 Å². The van der Waals surface area contributed by atoms with Crippen molar-refractivity contribution in [3.8, 4) is 0 Å². The summed E-state index contributed by atoms with van der Waals surface area (Å²) in [6, 6.07) is 3.01. The van der Waals surface area contributed by atoms with Crippen molar-refractivity contribution in [2.24, 2.45) is 7.05 Å². The van der Waals surface area contributed by atoms with Crippen LogP contribution in [-0.2, 0) is 17.2 Å². The van der Waals surface area contributed by atoms with E-state index in [0.29, 0.717) is 36.9 Å². The lowest BCUT2D eigenvalue weighted by Crippen LogP contribution is -2.42. The summed E-state index contributed by atoms with van der Waals surface area (Å²) in [6.07, 6.45) is 1.24. The summed E-state index contributed by atoms with van der Waals surface area (Å²) < 4.78 is 7.19. The van der Waals surface area contributed by atoms with Crippen LogP contribution in [0.3, 0.4) is 0 Å². The van der Waals surface area contributed by atoms with Crippen LogP contribution < -0.4 is 5.56 Å². The van der Waals surface area contributed by atoms with Crippen LogP contribution in [0.25, 0.3) is 0 Å². The van der Waals surface area contributed by atoms with Crippen molar-refractivity contribution >= 4 is 5.91 Å². The van der Waals surface area contributed by atoms with Gasteiger partial charge in [-0.1, -0.05) is 20.8 Å². The number of ether oxygens (including phenoxy) is 1. The van der Waals surface area contributed by atoms with Crippen molar-refractivity contribution in [2.75, 3.05) is 19.7 Å².